The van der Waals surface area contributed by atoms with Gasteiger partial charge >= 0.3 is 0 Å². The van der Waals surface area contributed by atoms with Gasteiger partial charge in [0.15, 0.2) is 0 Å². The Labute approximate surface area is 155 Å². The SMILES string of the molecule is Cc1cc(S(=O)(=O)N2CC(n3ccnc3)Cc3ccccc32)sc1Cl. The quantitative estimate of drug-likeness (QED) is 0.678. The van der Waals surface area contributed by atoms with Gasteiger partial charge in [0.1, 0.15) is 4.21 Å². The number of benzene rings is 1. The number of anilines is 1. The van der Waals surface area contributed by atoms with Crippen molar-refractivity contribution in [1.29, 1.82) is 0 Å². The highest BCUT2D eigenvalue weighted by Crippen LogP contribution is 2.38. The van der Waals surface area contributed by atoms with E-state index in [2.05, 4.69) is 4.98 Å². The summed E-state index contributed by atoms with van der Waals surface area (Å²) in [6, 6.07) is 9.29. The fourth-order valence-electron chi connectivity index (χ4n) is 3.12. The molecule has 130 valence electrons. The molecule has 0 spiro atoms. The third kappa shape index (κ3) is 2.86. The van der Waals surface area contributed by atoms with Gasteiger partial charge < -0.3 is 4.57 Å². The Kier molecular flexibility index (Phi) is 4.10. The number of fused-ring (bicyclic) bond motifs is 1. The van der Waals surface area contributed by atoms with Crippen molar-refractivity contribution >= 4 is 38.6 Å². The molecule has 3 aromatic rings. The standard InChI is InChI=1S/C17H16ClN3O2S2/c1-12-8-16(24-17(12)18)25(22,23)21-10-14(20-7-6-19-11-20)9-13-4-2-3-5-15(13)21/h2-8,11,14H,9-10H2,1H3. The summed E-state index contributed by atoms with van der Waals surface area (Å²) in [6.07, 6.45) is 6.08. The van der Waals surface area contributed by atoms with Crippen LogP contribution < -0.4 is 4.31 Å². The molecule has 1 aromatic carbocycles. The molecular formula is C17H16ClN3O2S2. The smallest absolute Gasteiger partial charge is 0.273 e. The molecule has 2 aromatic heterocycles. The maximum absolute atomic E-state index is 13.3. The molecular weight excluding hydrogens is 378 g/mol. The first-order chi connectivity index (χ1) is 12.0. The van der Waals surface area contributed by atoms with Crippen LogP contribution in [0, 0.1) is 6.92 Å². The molecule has 25 heavy (non-hydrogen) atoms. The lowest BCUT2D eigenvalue weighted by molar-refractivity contribution is 0.487. The molecule has 1 unspecified atom stereocenters. The summed E-state index contributed by atoms with van der Waals surface area (Å²) in [4.78, 5) is 4.09. The number of hydrogen-bond donors (Lipinski definition) is 0. The van der Waals surface area contributed by atoms with E-state index in [1.54, 1.807) is 18.6 Å². The third-order valence-corrected chi connectivity index (χ3v) is 8.20. The second-order valence-electron chi connectivity index (χ2n) is 6.05. The van der Waals surface area contributed by atoms with E-state index in [1.807, 2.05) is 42.0 Å². The normalized spacial score (nSPS) is 17.5. The van der Waals surface area contributed by atoms with Crippen LogP contribution in [0.2, 0.25) is 4.34 Å². The summed E-state index contributed by atoms with van der Waals surface area (Å²) in [5.74, 6) is 0. The molecule has 8 heteroatoms. The molecule has 1 aliphatic rings. The van der Waals surface area contributed by atoms with Crippen LogP contribution >= 0.6 is 22.9 Å². The van der Waals surface area contributed by atoms with Crippen LogP contribution in [0.1, 0.15) is 17.2 Å². The number of aromatic nitrogens is 2. The maximum atomic E-state index is 13.3. The molecule has 0 radical (unpaired) electrons. The number of aryl methyl sites for hydroxylation is 1. The van der Waals surface area contributed by atoms with Crippen molar-refractivity contribution in [2.75, 3.05) is 10.8 Å². The first-order valence-corrected chi connectivity index (χ1v) is 10.4. The van der Waals surface area contributed by atoms with Crippen LogP contribution in [-0.2, 0) is 16.4 Å². The van der Waals surface area contributed by atoms with Crippen molar-refractivity contribution in [1.82, 2.24) is 9.55 Å². The minimum Gasteiger partial charge on any atom is -0.332 e. The van der Waals surface area contributed by atoms with Gasteiger partial charge in [-0.05, 0) is 36.6 Å². The Morgan fingerprint density at radius 1 is 1.32 bits per heavy atom. The zero-order valence-electron chi connectivity index (χ0n) is 13.5. The maximum Gasteiger partial charge on any atom is 0.273 e. The highest BCUT2D eigenvalue weighted by molar-refractivity contribution is 7.94. The third-order valence-electron chi connectivity index (χ3n) is 4.42. The summed E-state index contributed by atoms with van der Waals surface area (Å²) >= 11 is 7.21. The lowest BCUT2D eigenvalue weighted by Gasteiger charge is -2.35. The van der Waals surface area contributed by atoms with Crippen molar-refractivity contribution < 1.29 is 8.42 Å². The van der Waals surface area contributed by atoms with Gasteiger partial charge in [0.05, 0.1) is 28.9 Å². The Hall–Kier alpha value is -1.83. The molecule has 3 heterocycles. The summed E-state index contributed by atoms with van der Waals surface area (Å²) in [5.41, 5.74) is 2.53. The highest BCUT2D eigenvalue weighted by atomic mass is 35.5. The molecule has 4 rings (SSSR count). The zero-order chi connectivity index (χ0) is 17.6. The average molecular weight is 394 g/mol. The molecule has 0 aliphatic carbocycles. The van der Waals surface area contributed by atoms with Gasteiger partial charge in [-0.3, -0.25) is 4.31 Å². The number of rotatable bonds is 3. The van der Waals surface area contributed by atoms with Crippen LogP contribution in [0.3, 0.4) is 0 Å². The van der Waals surface area contributed by atoms with E-state index < -0.39 is 10.0 Å². The van der Waals surface area contributed by atoms with Crippen LogP contribution in [0.4, 0.5) is 5.69 Å². The predicted octanol–water partition coefficient (Wildman–Crippen LogP) is 3.90. The zero-order valence-corrected chi connectivity index (χ0v) is 15.9. The predicted molar refractivity (Wildman–Crippen MR) is 100 cm³/mol. The first kappa shape index (κ1) is 16.6. The van der Waals surface area contributed by atoms with Gasteiger partial charge in [0.2, 0.25) is 0 Å². The van der Waals surface area contributed by atoms with Crippen LogP contribution in [-0.4, -0.2) is 24.5 Å². The first-order valence-electron chi connectivity index (χ1n) is 7.81. The van der Waals surface area contributed by atoms with Crippen molar-refractivity contribution in [3.05, 3.63) is 64.5 Å². The molecule has 1 aliphatic heterocycles. The van der Waals surface area contributed by atoms with Crippen molar-refractivity contribution in [2.45, 2.75) is 23.6 Å². The lowest BCUT2D eigenvalue weighted by Crippen LogP contribution is -2.40. The number of hydrogen-bond acceptors (Lipinski definition) is 4. The van der Waals surface area contributed by atoms with E-state index in [1.165, 1.54) is 4.31 Å². The van der Waals surface area contributed by atoms with E-state index in [0.29, 0.717) is 10.9 Å². The van der Waals surface area contributed by atoms with Crippen molar-refractivity contribution in [3.8, 4) is 0 Å². The summed E-state index contributed by atoms with van der Waals surface area (Å²) in [6.45, 7) is 2.18. The molecule has 0 fully saturated rings. The second-order valence-corrected chi connectivity index (χ2v) is 9.80. The molecule has 0 amide bonds. The lowest BCUT2D eigenvalue weighted by atomic mass is 10.00. The topological polar surface area (TPSA) is 55.2 Å². The number of thiophene rings is 1. The number of imidazole rings is 1. The molecule has 1 atom stereocenters. The van der Waals surface area contributed by atoms with E-state index in [0.717, 1.165) is 34.6 Å². The van der Waals surface area contributed by atoms with E-state index >= 15 is 0 Å². The highest BCUT2D eigenvalue weighted by Gasteiger charge is 2.34. The minimum absolute atomic E-state index is 0.00343. The van der Waals surface area contributed by atoms with Crippen molar-refractivity contribution in [2.24, 2.45) is 0 Å². The molecule has 0 saturated heterocycles. The fourth-order valence-corrected chi connectivity index (χ4v) is 6.48. The molecule has 0 saturated carbocycles. The monoisotopic (exact) mass is 393 g/mol. The Bertz CT molecular complexity index is 993. The number of nitrogens with zero attached hydrogens (tertiary/aromatic N) is 3. The Morgan fingerprint density at radius 2 is 2.12 bits per heavy atom. The Morgan fingerprint density at radius 3 is 2.80 bits per heavy atom. The van der Waals surface area contributed by atoms with E-state index in [-0.39, 0.29) is 10.3 Å². The van der Waals surface area contributed by atoms with Crippen LogP contribution in [0.5, 0.6) is 0 Å². The molecule has 0 N–H and O–H groups in total. The summed E-state index contributed by atoms with van der Waals surface area (Å²) < 4.78 is 30.8. The van der Waals surface area contributed by atoms with Gasteiger partial charge in [0.25, 0.3) is 10.0 Å². The second kappa shape index (κ2) is 6.16. The number of halogens is 1. The molecule has 5 nitrogen and oxygen atoms in total. The summed E-state index contributed by atoms with van der Waals surface area (Å²) in [5, 5.41) is 0. The van der Waals surface area contributed by atoms with Gasteiger partial charge in [0, 0.05) is 12.4 Å². The van der Waals surface area contributed by atoms with Gasteiger partial charge in [-0.25, -0.2) is 13.4 Å². The number of para-hydroxylation sites is 1. The van der Waals surface area contributed by atoms with E-state index in [9.17, 15) is 8.42 Å². The largest absolute Gasteiger partial charge is 0.332 e. The van der Waals surface area contributed by atoms with Gasteiger partial charge in [-0.2, -0.15) is 0 Å². The fraction of sp³-hybridized carbons (Fsp3) is 0.235. The number of sulfonamides is 1. The minimum atomic E-state index is -3.67. The van der Waals surface area contributed by atoms with Gasteiger partial charge in [-0.1, -0.05) is 29.8 Å². The van der Waals surface area contributed by atoms with Crippen molar-refractivity contribution in [3.63, 3.8) is 0 Å². The summed E-state index contributed by atoms with van der Waals surface area (Å²) in [7, 11) is -3.67. The van der Waals surface area contributed by atoms with Crippen LogP contribution in [0.25, 0.3) is 0 Å². The molecule has 0 bridgehead atoms. The van der Waals surface area contributed by atoms with Crippen LogP contribution in [0.15, 0.2) is 53.3 Å². The average Bonchev–Trinajstić information content (AvgIpc) is 3.25. The van der Waals surface area contributed by atoms with E-state index in [4.69, 9.17) is 11.6 Å². The van der Waals surface area contributed by atoms with Gasteiger partial charge in [-0.15, -0.1) is 11.3 Å². The Balaban J connectivity index is 1.81.